The summed E-state index contributed by atoms with van der Waals surface area (Å²) in [6.07, 6.45) is 5.64. The van der Waals surface area contributed by atoms with E-state index < -0.39 is 18.2 Å². The molecule has 6 rings (SSSR count). The van der Waals surface area contributed by atoms with Gasteiger partial charge in [-0.25, -0.2) is 14.8 Å². The zero-order chi connectivity index (χ0) is 30.6. The Balaban J connectivity index is 1.34. The number of hydrogen-bond donors (Lipinski definition) is 2. The van der Waals surface area contributed by atoms with Crippen molar-refractivity contribution in [2.45, 2.75) is 42.9 Å². The minimum atomic E-state index is -0.870. The lowest BCUT2D eigenvalue weighted by Gasteiger charge is -2.55. The number of nitrogens with one attached hydrogen (secondary N) is 1. The number of piperazine rings is 1. The Morgan fingerprint density at radius 2 is 1.91 bits per heavy atom. The number of hydrogen-bond acceptors (Lipinski definition) is 8. The first kappa shape index (κ1) is 29.5. The van der Waals surface area contributed by atoms with E-state index in [0.717, 1.165) is 16.7 Å². The highest BCUT2D eigenvalue weighted by atomic mass is 32.2. The summed E-state index contributed by atoms with van der Waals surface area (Å²) in [5, 5.41) is 25.5. The molecule has 2 saturated heterocycles. The van der Waals surface area contributed by atoms with Crippen LogP contribution in [-0.2, 0) is 22.6 Å². The molecule has 0 aromatic heterocycles. The first-order valence-electron chi connectivity index (χ1n) is 14.6. The van der Waals surface area contributed by atoms with Crippen LogP contribution in [-0.4, -0.2) is 98.0 Å². The third kappa shape index (κ3) is 6.06. The van der Waals surface area contributed by atoms with Crippen LogP contribution >= 0.6 is 11.8 Å². The predicted molar refractivity (Wildman–Crippen MR) is 166 cm³/mol. The van der Waals surface area contributed by atoms with Crippen LogP contribution in [0.1, 0.15) is 17.5 Å². The molecule has 44 heavy (non-hydrogen) atoms. The van der Waals surface area contributed by atoms with Gasteiger partial charge in [-0.3, -0.25) is 14.6 Å². The number of rotatable bonds is 8. The number of phenols is 1. The standard InChI is InChI=1S/C32H33N7O4S/c33-14-5-15-37-20-29(41)38-26(16-22-10-12-25(40)13-11-22)31(42)36(18-24-8-4-9-27-30(24)35-21-44-27)19-28(38)39(37)32(43)34-17-23-6-2-1-3-7-23/h1-4,6-13,21,26-28,30,40H,5,15-20H2,(H,34,43). The Morgan fingerprint density at radius 1 is 1.11 bits per heavy atom. The zero-order valence-electron chi connectivity index (χ0n) is 24.0. The van der Waals surface area contributed by atoms with E-state index >= 15 is 0 Å². The fourth-order valence-corrected chi connectivity index (χ4v) is 7.08. The summed E-state index contributed by atoms with van der Waals surface area (Å²) in [7, 11) is 0. The molecular formula is C32H33N7O4S. The maximum absolute atomic E-state index is 14.2. The van der Waals surface area contributed by atoms with Gasteiger partial charge in [0.15, 0.2) is 0 Å². The molecule has 12 heteroatoms. The third-order valence-electron chi connectivity index (χ3n) is 8.29. The lowest BCUT2D eigenvalue weighted by molar-refractivity contribution is -0.189. The number of nitriles is 1. The molecule has 11 nitrogen and oxygen atoms in total. The number of hydrazine groups is 1. The number of carbonyl (C=O) groups is 3. The number of aliphatic imine (C=N–C) groups is 1. The lowest BCUT2D eigenvalue weighted by Crippen LogP contribution is -2.76. The van der Waals surface area contributed by atoms with Gasteiger partial charge >= 0.3 is 6.03 Å². The molecule has 2 N–H and O–H groups in total. The number of urea groups is 1. The van der Waals surface area contributed by atoms with E-state index in [9.17, 15) is 24.8 Å². The molecule has 2 aromatic rings. The Morgan fingerprint density at radius 3 is 2.68 bits per heavy atom. The van der Waals surface area contributed by atoms with E-state index in [0.29, 0.717) is 6.54 Å². The molecule has 3 heterocycles. The highest BCUT2D eigenvalue weighted by molar-refractivity contribution is 8.13. The van der Waals surface area contributed by atoms with Crippen molar-refractivity contribution in [3.8, 4) is 11.8 Å². The van der Waals surface area contributed by atoms with Gasteiger partial charge in [-0.15, -0.1) is 11.8 Å². The van der Waals surface area contributed by atoms with Gasteiger partial charge in [0.1, 0.15) is 18.0 Å². The molecule has 2 aromatic carbocycles. The van der Waals surface area contributed by atoms with Crippen LogP contribution in [0, 0.1) is 11.3 Å². The molecule has 4 amide bonds. The molecule has 4 unspecified atom stereocenters. The lowest BCUT2D eigenvalue weighted by atomic mass is 9.95. The van der Waals surface area contributed by atoms with Crippen LogP contribution in [0.15, 0.2) is 83.4 Å². The number of aromatic hydroxyl groups is 1. The largest absolute Gasteiger partial charge is 0.508 e. The third-order valence-corrected chi connectivity index (χ3v) is 9.26. The minimum Gasteiger partial charge on any atom is -0.508 e. The Labute approximate surface area is 260 Å². The summed E-state index contributed by atoms with van der Waals surface area (Å²) in [5.41, 5.74) is 4.53. The van der Waals surface area contributed by atoms with Gasteiger partial charge in [0, 0.05) is 32.5 Å². The normalized spacial score (nSPS) is 24.5. The zero-order valence-corrected chi connectivity index (χ0v) is 24.8. The highest BCUT2D eigenvalue weighted by Gasteiger charge is 2.51. The van der Waals surface area contributed by atoms with Gasteiger partial charge in [-0.2, -0.15) is 5.26 Å². The van der Waals surface area contributed by atoms with Gasteiger partial charge < -0.3 is 20.2 Å². The summed E-state index contributed by atoms with van der Waals surface area (Å²) in [4.78, 5) is 49.8. The van der Waals surface area contributed by atoms with Crippen molar-refractivity contribution >= 4 is 35.2 Å². The van der Waals surface area contributed by atoms with E-state index in [4.69, 9.17) is 0 Å². The number of phenolic OH excluding ortho intramolecular Hbond substituents is 1. The number of fused-ring (bicyclic) bond motifs is 2. The molecule has 1 aliphatic carbocycles. The van der Waals surface area contributed by atoms with Gasteiger partial charge in [0.05, 0.1) is 36.0 Å². The number of allylic oxidation sites excluding steroid dienone is 2. The Bertz CT molecular complexity index is 1540. The topological polar surface area (TPSA) is 133 Å². The number of thioether (sulfide) groups is 1. The van der Waals surface area contributed by atoms with Gasteiger partial charge in [0.25, 0.3) is 0 Å². The van der Waals surface area contributed by atoms with E-state index in [1.54, 1.807) is 45.9 Å². The van der Waals surface area contributed by atoms with E-state index in [1.165, 1.54) is 9.91 Å². The van der Waals surface area contributed by atoms with Crippen molar-refractivity contribution in [1.82, 2.24) is 25.1 Å². The quantitative estimate of drug-likeness (QED) is 0.469. The van der Waals surface area contributed by atoms with Crippen LogP contribution in [0.25, 0.3) is 0 Å². The van der Waals surface area contributed by atoms with E-state index in [-0.39, 0.29) is 67.9 Å². The maximum atomic E-state index is 14.2. The van der Waals surface area contributed by atoms with Crippen LogP contribution in [0.3, 0.4) is 0 Å². The van der Waals surface area contributed by atoms with Crippen molar-refractivity contribution in [3.63, 3.8) is 0 Å². The number of carbonyl (C=O) groups excluding carboxylic acids is 3. The van der Waals surface area contributed by atoms with Crippen LogP contribution in [0.4, 0.5) is 4.79 Å². The monoisotopic (exact) mass is 611 g/mol. The molecule has 0 bridgehead atoms. The summed E-state index contributed by atoms with van der Waals surface area (Å²) in [6, 6.07) is 16.9. The molecule has 2 fully saturated rings. The molecule has 4 aliphatic rings. The molecule has 0 saturated carbocycles. The van der Waals surface area contributed by atoms with Crippen molar-refractivity contribution in [3.05, 3.63) is 89.5 Å². The molecule has 4 atom stereocenters. The average Bonchev–Trinajstić information content (AvgIpc) is 3.52. The number of nitrogens with zero attached hydrogens (tertiary/aromatic N) is 6. The molecular weight excluding hydrogens is 578 g/mol. The van der Waals surface area contributed by atoms with Gasteiger partial charge in [-0.05, 0) is 28.8 Å². The van der Waals surface area contributed by atoms with E-state index in [2.05, 4.69) is 22.5 Å². The van der Waals surface area contributed by atoms with Crippen molar-refractivity contribution < 1.29 is 19.5 Å². The fourth-order valence-electron chi connectivity index (χ4n) is 6.16. The second kappa shape index (κ2) is 13.0. The Kier molecular flexibility index (Phi) is 8.67. The van der Waals surface area contributed by atoms with Crippen molar-refractivity contribution in [1.29, 1.82) is 5.26 Å². The van der Waals surface area contributed by atoms with E-state index in [1.807, 2.05) is 48.0 Å². The van der Waals surface area contributed by atoms with Crippen LogP contribution < -0.4 is 5.32 Å². The van der Waals surface area contributed by atoms with Gasteiger partial charge in [0.2, 0.25) is 11.8 Å². The number of benzene rings is 2. The summed E-state index contributed by atoms with van der Waals surface area (Å²) in [6.45, 7) is 0.744. The predicted octanol–water partition coefficient (Wildman–Crippen LogP) is 2.66. The molecule has 3 aliphatic heterocycles. The van der Waals surface area contributed by atoms with Crippen molar-refractivity contribution in [2.75, 3.05) is 26.2 Å². The summed E-state index contributed by atoms with van der Waals surface area (Å²) < 4.78 is 0. The fraction of sp³-hybridized carbons (Fsp3) is 0.344. The summed E-state index contributed by atoms with van der Waals surface area (Å²) >= 11 is 1.64. The van der Waals surface area contributed by atoms with Crippen LogP contribution in [0.2, 0.25) is 0 Å². The molecule has 0 spiro atoms. The SMILES string of the molecule is N#CCCN1CC(=O)N2C(Cc3ccc(O)cc3)C(=O)N(CC3=CC=CC4SC=NC34)CC2N1C(=O)NCc1ccccc1. The average molecular weight is 612 g/mol. The summed E-state index contributed by atoms with van der Waals surface area (Å²) in [5.74, 6) is -0.388. The Hall–Kier alpha value is -4.60. The maximum Gasteiger partial charge on any atom is 0.334 e. The second-order valence-corrected chi connectivity index (χ2v) is 12.1. The van der Waals surface area contributed by atoms with Crippen LogP contribution in [0.5, 0.6) is 5.75 Å². The number of amides is 4. The smallest absolute Gasteiger partial charge is 0.334 e. The van der Waals surface area contributed by atoms with Gasteiger partial charge in [-0.1, -0.05) is 60.7 Å². The minimum absolute atomic E-state index is 0.0724. The molecule has 0 radical (unpaired) electrons. The van der Waals surface area contributed by atoms with Crippen molar-refractivity contribution in [2.24, 2.45) is 4.99 Å². The molecule has 226 valence electrons. The first-order valence-corrected chi connectivity index (χ1v) is 15.5. The second-order valence-electron chi connectivity index (χ2n) is 11.1. The first-order chi connectivity index (χ1) is 21.4. The highest BCUT2D eigenvalue weighted by Crippen LogP contribution is 2.34.